The van der Waals surface area contributed by atoms with Crippen LogP contribution < -0.4 is 15.4 Å². The molecule has 0 aliphatic heterocycles. The predicted molar refractivity (Wildman–Crippen MR) is 74.8 cm³/mol. The molecule has 0 fully saturated rings. The van der Waals surface area contributed by atoms with Crippen LogP contribution in [-0.2, 0) is 0 Å². The first-order chi connectivity index (χ1) is 10.1. The van der Waals surface area contributed by atoms with Gasteiger partial charge in [-0.15, -0.1) is 0 Å². The van der Waals surface area contributed by atoms with Crippen molar-refractivity contribution < 1.29 is 18.3 Å². The number of anilines is 2. The summed E-state index contributed by atoms with van der Waals surface area (Å²) in [6.45, 7) is -2.87. The molecule has 110 valence electrons. The Hall–Kier alpha value is -2.70. The van der Waals surface area contributed by atoms with E-state index in [2.05, 4.69) is 20.4 Å². The Bertz CT molecular complexity index is 618. The highest BCUT2D eigenvalue weighted by Gasteiger charge is 2.08. The molecular weight excluding hydrogens is 280 g/mol. The number of nitrogens with one attached hydrogen (secondary N) is 2. The second kappa shape index (κ2) is 6.65. The zero-order valence-electron chi connectivity index (χ0n) is 11.1. The molecule has 0 spiro atoms. The molecule has 21 heavy (non-hydrogen) atoms. The number of halogens is 2. The minimum Gasteiger partial charge on any atom is -0.435 e. The van der Waals surface area contributed by atoms with Crippen LogP contribution in [0, 0.1) is 0 Å². The largest absolute Gasteiger partial charge is 0.435 e. The standard InChI is InChI=1S/C14H13F2N3O2/c1-17-12-8-9(6-7-18-12)13(20)19-10-2-4-11(5-3-10)21-14(15)16/h2-8,14H,1H3,(H,17,18)(H,19,20). The first-order valence-electron chi connectivity index (χ1n) is 6.08. The number of pyridine rings is 1. The zero-order chi connectivity index (χ0) is 15.2. The molecule has 7 heteroatoms. The summed E-state index contributed by atoms with van der Waals surface area (Å²) in [7, 11) is 1.70. The Balaban J connectivity index is 2.05. The maximum absolute atomic E-state index is 12.0. The van der Waals surface area contributed by atoms with E-state index in [1.165, 1.54) is 30.5 Å². The van der Waals surface area contributed by atoms with Crippen molar-refractivity contribution in [1.29, 1.82) is 0 Å². The van der Waals surface area contributed by atoms with Crippen molar-refractivity contribution in [2.24, 2.45) is 0 Å². The first kappa shape index (κ1) is 14.7. The monoisotopic (exact) mass is 293 g/mol. The number of alkyl halides is 2. The number of hydrogen-bond acceptors (Lipinski definition) is 4. The van der Waals surface area contributed by atoms with E-state index in [1.54, 1.807) is 19.2 Å². The fourth-order valence-corrected chi connectivity index (χ4v) is 1.63. The van der Waals surface area contributed by atoms with Crippen LogP contribution in [0.4, 0.5) is 20.3 Å². The van der Waals surface area contributed by atoms with E-state index in [0.717, 1.165) is 0 Å². The average Bonchev–Trinajstić information content (AvgIpc) is 2.49. The van der Waals surface area contributed by atoms with Crippen molar-refractivity contribution in [3.05, 3.63) is 48.2 Å². The number of amides is 1. The van der Waals surface area contributed by atoms with Crippen LogP contribution in [0.15, 0.2) is 42.6 Å². The fourth-order valence-electron chi connectivity index (χ4n) is 1.63. The lowest BCUT2D eigenvalue weighted by Gasteiger charge is -2.08. The Morgan fingerprint density at radius 1 is 1.24 bits per heavy atom. The van der Waals surface area contributed by atoms with Gasteiger partial charge < -0.3 is 15.4 Å². The Morgan fingerprint density at radius 3 is 2.57 bits per heavy atom. The maximum atomic E-state index is 12.0. The summed E-state index contributed by atoms with van der Waals surface area (Å²) in [5.74, 6) is 0.282. The summed E-state index contributed by atoms with van der Waals surface area (Å²) >= 11 is 0. The van der Waals surface area contributed by atoms with Crippen molar-refractivity contribution >= 4 is 17.4 Å². The Labute approximate surface area is 120 Å². The second-order valence-corrected chi connectivity index (χ2v) is 4.04. The third-order valence-electron chi connectivity index (χ3n) is 2.62. The zero-order valence-corrected chi connectivity index (χ0v) is 11.1. The molecule has 0 aliphatic carbocycles. The molecule has 2 aromatic rings. The van der Waals surface area contributed by atoms with E-state index in [4.69, 9.17) is 0 Å². The van der Waals surface area contributed by atoms with Crippen molar-refractivity contribution in [2.45, 2.75) is 6.61 Å². The van der Waals surface area contributed by atoms with Crippen molar-refractivity contribution in [3.8, 4) is 5.75 Å². The fraction of sp³-hybridized carbons (Fsp3) is 0.143. The van der Waals surface area contributed by atoms with Gasteiger partial charge in [-0.05, 0) is 36.4 Å². The number of carbonyl (C=O) groups excluding carboxylic acids is 1. The molecule has 1 aromatic carbocycles. The number of benzene rings is 1. The maximum Gasteiger partial charge on any atom is 0.387 e. The van der Waals surface area contributed by atoms with Crippen LogP contribution in [0.3, 0.4) is 0 Å². The van der Waals surface area contributed by atoms with Gasteiger partial charge in [0.2, 0.25) is 0 Å². The molecule has 0 radical (unpaired) electrons. The van der Waals surface area contributed by atoms with Crippen LogP contribution in [0.1, 0.15) is 10.4 Å². The molecule has 5 nitrogen and oxygen atoms in total. The Morgan fingerprint density at radius 2 is 1.95 bits per heavy atom. The number of aromatic nitrogens is 1. The molecule has 0 saturated carbocycles. The molecule has 1 amide bonds. The molecule has 0 aliphatic rings. The van der Waals surface area contributed by atoms with E-state index < -0.39 is 6.61 Å². The van der Waals surface area contributed by atoms with Crippen molar-refractivity contribution in [3.63, 3.8) is 0 Å². The molecule has 1 heterocycles. The molecule has 0 bridgehead atoms. The van der Waals surface area contributed by atoms with Crippen LogP contribution in [0.25, 0.3) is 0 Å². The van der Waals surface area contributed by atoms with Gasteiger partial charge in [-0.1, -0.05) is 0 Å². The van der Waals surface area contributed by atoms with Crippen LogP contribution >= 0.6 is 0 Å². The third-order valence-corrected chi connectivity index (χ3v) is 2.62. The van der Waals surface area contributed by atoms with Crippen LogP contribution in [0.5, 0.6) is 5.75 Å². The topological polar surface area (TPSA) is 63.2 Å². The van der Waals surface area contributed by atoms with Gasteiger partial charge in [0.1, 0.15) is 11.6 Å². The molecular formula is C14H13F2N3O2. The number of ether oxygens (including phenoxy) is 1. The van der Waals surface area contributed by atoms with Crippen molar-refractivity contribution in [2.75, 3.05) is 17.7 Å². The lowest BCUT2D eigenvalue weighted by Crippen LogP contribution is -2.12. The highest BCUT2D eigenvalue weighted by molar-refractivity contribution is 6.04. The van der Waals surface area contributed by atoms with E-state index in [0.29, 0.717) is 17.1 Å². The van der Waals surface area contributed by atoms with Gasteiger partial charge in [0.25, 0.3) is 5.91 Å². The van der Waals surface area contributed by atoms with E-state index in [1.807, 2.05) is 0 Å². The first-order valence-corrected chi connectivity index (χ1v) is 6.08. The number of hydrogen-bond donors (Lipinski definition) is 2. The predicted octanol–water partition coefficient (Wildman–Crippen LogP) is 2.98. The third kappa shape index (κ3) is 4.13. The highest BCUT2D eigenvalue weighted by atomic mass is 19.3. The summed E-state index contributed by atoms with van der Waals surface area (Å²) in [4.78, 5) is 16.0. The summed E-state index contributed by atoms with van der Waals surface area (Å²) < 4.78 is 28.3. The van der Waals surface area contributed by atoms with E-state index in [9.17, 15) is 13.6 Å². The lowest BCUT2D eigenvalue weighted by atomic mass is 10.2. The molecule has 2 N–H and O–H groups in total. The Kier molecular flexibility index (Phi) is 4.65. The van der Waals surface area contributed by atoms with Gasteiger partial charge in [0, 0.05) is 24.5 Å². The second-order valence-electron chi connectivity index (χ2n) is 4.04. The van der Waals surface area contributed by atoms with Gasteiger partial charge >= 0.3 is 6.61 Å². The summed E-state index contributed by atoms with van der Waals surface area (Å²) in [6, 6.07) is 8.85. The van der Waals surface area contributed by atoms with Crippen LogP contribution in [0.2, 0.25) is 0 Å². The summed E-state index contributed by atoms with van der Waals surface area (Å²) in [6.07, 6.45) is 1.51. The minimum absolute atomic E-state index is 0.0318. The SMILES string of the molecule is CNc1cc(C(=O)Nc2ccc(OC(F)F)cc2)ccn1. The van der Waals surface area contributed by atoms with Crippen LogP contribution in [-0.4, -0.2) is 24.6 Å². The van der Waals surface area contributed by atoms with E-state index in [-0.39, 0.29) is 11.7 Å². The lowest BCUT2D eigenvalue weighted by molar-refractivity contribution is -0.0498. The molecule has 1 aromatic heterocycles. The van der Waals surface area contributed by atoms with Gasteiger partial charge in [0.15, 0.2) is 0 Å². The smallest absolute Gasteiger partial charge is 0.387 e. The van der Waals surface area contributed by atoms with E-state index >= 15 is 0 Å². The molecule has 0 saturated heterocycles. The minimum atomic E-state index is -2.87. The number of nitrogens with zero attached hydrogens (tertiary/aromatic N) is 1. The normalized spacial score (nSPS) is 10.3. The van der Waals surface area contributed by atoms with Gasteiger partial charge in [0.05, 0.1) is 0 Å². The highest BCUT2D eigenvalue weighted by Crippen LogP contribution is 2.18. The average molecular weight is 293 g/mol. The number of carbonyl (C=O) groups is 1. The van der Waals surface area contributed by atoms with Gasteiger partial charge in [-0.2, -0.15) is 8.78 Å². The molecule has 2 rings (SSSR count). The quantitative estimate of drug-likeness (QED) is 0.889. The number of rotatable bonds is 5. The molecule has 0 unspecified atom stereocenters. The van der Waals surface area contributed by atoms with Gasteiger partial charge in [-0.3, -0.25) is 4.79 Å². The molecule has 0 atom stereocenters. The van der Waals surface area contributed by atoms with Crippen molar-refractivity contribution in [1.82, 2.24) is 4.98 Å². The summed E-state index contributed by atoms with van der Waals surface area (Å²) in [5.41, 5.74) is 0.909. The summed E-state index contributed by atoms with van der Waals surface area (Å²) in [5, 5.41) is 5.49. The van der Waals surface area contributed by atoms with Gasteiger partial charge in [-0.25, -0.2) is 4.98 Å².